The third-order valence-electron chi connectivity index (χ3n) is 2.08. The predicted octanol–water partition coefficient (Wildman–Crippen LogP) is 1.78. The summed E-state index contributed by atoms with van der Waals surface area (Å²) >= 11 is 0. The molecule has 0 fully saturated rings. The van der Waals surface area contributed by atoms with Crippen molar-refractivity contribution < 1.29 is 0 Å². The van der Waals surface area contributed by atoms with Gasteiger partial charge in [0.15, 0.2) is 0 Å². The lowest BCUT2D eigenvalue weighted by Crippen LogP contribution is -2.27. The molecule has 2 N–H and O–H groups in total. The molecule has 0 bridgehead atoms. The number of hydrogen-bond acceptors (Lipinski definition) is 2. The first-order valence-electron chi connectivity index (χ1n) is 5.39. The van der Waals surface area contributed by atoms with Gasteiger partial charge in [-0.15, -0.1) is 0 Å². The predicted molar refractivity (Wildman–Crippen MR) is 61.3 cm³/mol. The van der Waals surface area contributed by atoms with Crippen molar-refractivity contribution in [3.05, 3.63) is 35.9 Å². The lowest BCUT2D eigenvalue weighted by Gasteiger charge is -2.05. The van der Waals surface area contributed by atoms with Gasteiger partial charge in [-0.1, -0.05) is 37.3 Å². The van der Waals surface area contributed by atoms with Gasteiger partial charge in [-0.2, -0.15) is 0 Å². The van der Waals surface area contributed by atoms with Crippen molar-refractivity contribution in [2.45, 2.75) is 19.9 Å². The summed E-state index contributed by atoms with van der Waals surface area (Å²) in [7, 11) is 0. The Hall–Kier alpha value is -0.860. The largest absolute Gasteiger partial charge is 0.315 e. The molecule has 0 aliphatic rings. The van der Waals surface area contributed by atoms with E-state index in [9.17, 15) is 0 Å². The van der Waals surface area contributed by atoms with E-state index in [1.807, 2.05) is 6.07 Å². The molecule has 14 heavy (non-hydrogen) atoms. The highest BCUT2D eigenvalue weighted by molar-refractivity contribution is 5.14. The van der Waals surface area contributed by atoms with E-state index in [1.54, 1.807) is 0 Å². The molecule has 1 aromatic rings. The molecule has 0 aliphatic carbocycles. The van der Waals surface area contributed by atoms with Gasteiger partial charge in [0, 0.05) is 19.6 Å². The monoisotopic (exact) mass is 192 g/mol. The summed E-state index contributed by atoms with van der Waals surface area (Å²) in [4.78, 5) is 0. The lowest BCUT2D eigenvalue weighted by molar-refractivity contribution is 0.607. The zero-order valence-electron chi connectivity index (χ0n) is 8.92. The first-order valence-corrected chi connectivity index (χ1v) is 5.39. The molecule has 0 spiro atoms. The molecule has 2 heteroatoms. The number of hydrogen-bond donors (Lipinski definition) is 2. The average molecular weight is 192 g/mol. The zero-order chi connectivity index (χ0) is 10.1. The summed E-state index contributed by atoms with van der Waals surface area (Å²) < 4.78 is 0. The van der Waals surface area contributed by atoms with Crippen LogP contribution < -0.4 is 10.6 Å². The standard InChI is InChI=1S/C12H20N2/c1-2-8-13-9-10-14-11-12-6-4-3-5-7-12/h3-7,13-14H,2,8-11H2,1H3. The highest BCUT2D eigenvalue weighted by Crippen LogP contribution is 1.96. The van der Waals surface area contributed by atoms with Gasteiger partial charge in [0.2, 0.25) is 0 Å². The quantitative estimate of drug-likeness (QED) is 0.643. The molecule has 0 radical (unpaired) electrons. The molecule has 0 saturated heterocycles. The molecule has 78 valence electrons. The van der Waals surface area contributed by atoms with E-state index >= 15 is 0 Å². The molecule has 0 unspecified atom stereocenters. The van der Waals surface area contributed by atoms with Crippen LogP contribution in [0.2, 0.25) is 0 Å². The highest BCUT2D eigenvalue weighted by Gasteiger charge is 1.89. The summed E-state index contributed by atoms with van der Waals surface area (Å²) in [6.07, 6.45) is 1.21. The Labute approximate surface area is 86.7 Å². The SMILES string of the molecule is CCCNCCNCc1ccccc1. The smallest absolute Gasteiger partial charge is 0.0206 e. The van der Waals surface area contributed by atoms with Crippen LogP contribution in [-0.4, -0.2) is 19.6 Å². The molecule has 0 aromatic heterocycles. The van der Waals surface area contributed by atoms with Crippen LogP contribution >= 0.6 is 0 Å². The van der Waals surface area contributed by atoms with Gasteiger partial charge in [0.25, 0.3) is 0 Å². The van der Waals surface area contributed by atoms with Crippen LogP contribution in [0.15, 0.2) is 30.3 Å². The van der Waals surface area contributed by atoms with Gasteiger partial charge < -0.3 is 10.6 Å². The van der Waals surface area contributed by atoms with Crippen LogP contribution in [0.3, 0.4) is 0 Å². The van der Waals surface area contributed by atoms with E-state index in [1.165, 1.54) is 12.0 Å². The molecule has 0 atom stereocenters. The first kappa shape index (κ1) is 11.2. The van der Waals surface area contributed by atoms with Crippen LogP contribution in [0.4, 0.5) is 0 Å². The number of nitrogens with one attached hydrogen (secondary N) is 2. The van der Waals surface area contributed by atoms with Gasteiger partial charge in [-0.3, -0.25) is 0 Å². The number of rotatable bonds is 7. The zero-order valence-corrected chi connectivity index (χ0v) is 8.92. The van der Waals surface area contributed by atoms with Crippen molar-refractivity contribution in [1.29, 1.82) is 0 Å². The van der Waals surface area contributed by atoms with Crippen LogP contribution in [0.25, 0.3) is 0 Å². The fourth-order valence-corrected chi connectivity index (χ4v) is 1.31. The van der Waals surface area contributed by atoms with E-state index in [0.29, 0.717) is 0 Å². The first-order chi connectivity index (χ1) is 6.93. The van der Waals surface area contributed by atoms with E-state index in [2.05, 4.69) is 41.8 Å². The van der Waals surface area contributed by atoms with Gasteiger partial charge in [-0.25, -0.2) is 0 Å². The minimum absolute atomic E-state index is 0.967. The van der Waals surface area contributed by atoms with E-state index in [-0.39, 0.29) is 0 Å². The number of benzene rings is 1. The third kappa shape index (κ3) is 5.00. The Bertz CT molecular complexity index is 221. The van der Waals surface area contributed by atoms with Gasteiger partial charge in [0.05, 0.1) is 0 Å². The molecule has 0 saturated carbocycles. The summed E-state index contributed by atoms with van der Waals surface area (Å²) in [5.74, 6) is 0. The Morgan fingerprint density at radius 3 is 2.36 bits per heavy atom. The highest BCUT2D eigenvalue weighted by atomic mass is 14.9. The molecular formula is C12H20N2. The van der Waals surface area contributed by atoms with E-state index in [0.717, 1.165) is 26.2 Å². The topological polar surface area (TPSA) is 24.1 Å². The Balaban J connectivity index is 1.99. The van der Waals surface area contributed by atoms with Gasteiger partial charge >= 0.3 is 0 Å². The Kier molecular flexibility index (Phi) is 6.04. The summed E-state index contributed by atoms with van der Waals surface area (Å²) in [6.45, 7) is 6.36. The van der Waals surface area contributed by atoms with Gasteiger partial charge in [0.1, 0.15) is 0 Å². The van der Waals surface area contributed by atoms with E-state index in [4.69, 9.17) is 0 Å². The maximum Gasteiger partial charge on any atom is 0.0206 e. The fraction of sp³-hybridized carbons (Fsp3) is 0.500. The minimum atomic E-state index is 0.967. The van der Waals surface area contributed by atoms with Gasteiger partial charge in [-0.05, 0) is 18.5 Å². The molecule has 1 rings (SSSR count). The van der Waals surface area contributed by atoms with Crippen LogP contribution in [0.5, 0.6) is 0 Å². The maximum absolute atomic E-state index is 3.40. The second-order valence-electron chi connectivity index (χ2n) is 3.41. The average Bonchev–Trinajstić information content (AvgIpc) is 2.25. The summed E-state index contributed by atoms with van der Waals surface area (Å²) in [5, 5.41) is 6.76. The van der Waals surface area contributed by atoms with Crippen molar-refractivity contribution >= 4 is 0 Å². The molecular weight excluding hydrogens is 172 g/mol. The van der Waals surface area contributed by atoms with Crippen molar-refractivity contribution in [1.82, 2.24) is 10.6 Å². The fourth-order valence-electron chi connectivity index (χ4n) is 1.31. The molecule has 0 aliphatic heterocycles. The van der Waals surface area contributed by atoms with Crippen molar-refractivity contribution in [2.75, 3.05) is 19.6 Å². The Morgan fingerprint density at radius 2 is 1.64 bits per heavy atom. The third-order valence-corrected chi connectivity index (χ3v) is 2.08. The summed E-state index contributed by atoms with van der Waals surface area (Å²) in [6, 6.07) is 10.5. The second-order valence-corrected chi connectivity index (χ2v) is 3.41. The Morgan fingerprint density at radius 1 is 0.929 bits per heavy atom. The van der Waals surface area contributed by atoms with Crippen molar-refractivity contribution in [3.8, 4) is 0 Å². The molecule has 1 aromatic carbocycles. The lowest BCUT2D eigenvalue weighted by atomic mass is 10.2. The maximum atomic E-state index is 3.40. The molecule has 0 heterocycles. The molecule has 2 nitrogen and oxygen atoms in total. The van der Waals surface area contributed by atoms with Crippen LogP contribution in [-0.2, 0) is 6.54 Å². The normalized spacial score (nSPS) is 10.4. The van der Waals surface area contributed by atoms with Crippen molar-refractivity contribution in [3.63, 3.8) is 0 Å². The minimum Gasteiger partial charge on any atom is -0.315 e. The second kappa shape index (κ2) is 7.54. The molecule has 0 amide bonds. The van der Waals surface area contributed by atoms with Crippen molar-refractivity contribution in [2.24, 2.45) is 0 Å². The van der Waals surface area contributed by atoms with E-state index < -0.39 is 0 Å². The van der Waals surface area contributed by atoms with Crippen LogP contribution in [0, 0.1) is 0 Å². The summed E-state index contributed by atoms with van der Waals surface area (Å²) in [5.41, 5.74) is 1.35. The van der Waals surface area contributed by atoms with Crippen LogP contribution in [0.1, 0.15) is 18.9 Å².